The molecule has 0 fully saturated rings. The lowest BCUT2D eigenvalue weighted by molar-refractivity contribution is -0.120. The van der Waals surface area contributed by atoms with Gasteiger partial charge in [-0.2, -0.15) is 5.26 Å². The standard InChI is InChI=1S/C26H22FN3O/c27-23-14-12-22(13-15-23)26(17-6-2-7-19-28,18-16-21-9-3-1-4-10-21)25(31)30-24-11-5-8-20-29-24/h1,3-5,8-15,20H,2,6-7,17H2,(H,29,30,31). The number of pyridine rings is 1. The second-order valence-corrected chi connectivity index (χ2v) is 7.06. The first-order valence-corrected chi connectivity index (χ1v) is 10.1. The van der Waals surface area contributed by atoms with E-state index in [1.54, 1.807) is 36.5 Å². The maximum absolute atomic E-state index is 13.6. The minimum atomic E-state index is -1.23. The number of anilines is 1. The summed E-state index contributed by atoms with van der Waals surface area (Å²) in [6.07, 6.45) is 3.64. The van der Waals surface area contributed by atoms with E-state index in [2.05, 4.69) is 28.2 Å². The van der Waals surface area contributed by atoms with Gasteiger partial charge in [0.25, 0.3) is 0 Å². The van der Waals surface area contributed by atoms with E-state index in [0.29, 0.717) is 37.1 Å². The fourth-order valence-electron chi connectivity index (χ4n) is 3.27. The van der Waals surface area contributed by atoms with E-state index in [4.69, 9.17) is 5.26 Å². The van der Waals surface area contributed by atoms with Crippen molar-refractivity contribution in [1.29, 1.82) is 5.26 Å². The Kier molecular flexibility index (Phi) is 7.51. The van der Waals surface area contributed by atoms with E-state index in [9.17, 15) is 9.18 Å². The van der Waals surface area contributed by atoms with Crippen molar-refractivity contribution in [3.05, 3.63) is 95.9 Å². The van der Waals surface area contributed by atoms with Crippen LogP contribution in [0.4, 0.5) is 10.2 Å². The highest BCUT2D eigenvalue weighted by Gasteiger charge is 2.38. The van der Waals surface area contributed by atoms with Gasteiger partial charge in [0.2, 0.25) is 5.91 Å². The Morgan fingerprint density at radius 2 is 1.74 bits per heavy atom. The number of hydrogen-bond donors (Lipinski definition) is 1. The van der Waals surface area contributed by atoms with E-state index in [1.165, 1.54) is 12.1 Å². The van der Waals surface area contributed by atoms with Gasteiger partial charge in [-0.1, -0.05) is 54.7 Å². The lowest BCUT2D eigenvalue weighted by atomic mass is 9.75. The third-order valence-corrected chi connectivity index (χ3v) is 4.92. The Hall–Kier alpha value is -3.96. The topological polar surface area (TPSA) is 65.8 Å². The first-order valence-electron chi connectivity index (χ1n) is 10.1. The summed E-state index contributed by atoms with van der Waals surface area (Å²) in [6, 6.07) is 22.6. The molecule has 3 rings (SSSR count). The van der Waals surface area contributed by atoms with Gasteiger partial charge in [0.15, 0.2) is 0 Å². The highest BCUT2D eigenvalue weighted by atomic mass is 19.1. The molecule has 154 valence electrons. The Morgan fingerprint density at radius 1 is 1.00 bits per heavy atom. The van der Waals surface area contributed by atoms with E-state index >= 15 is 0 Å². The fourth-order valence-corrected chi connectivity index (χ4v) is 3.27. The van der Waals surface area contributed by atoms with Crippen molar-refractivity contribution >= 4 is 11.7 Å². The van der Waals surface area contributed by atoms with Gasteiger partial charge in [0.05, 0.1) is 6.07 Å². The zero-order valence-electron chi connectivity index (χ0n) is 17.0. The number of halogens is 1. The molecule has 1 aromatic heterocycles. The van der Waals surface area contributed by atoms with Gasteiger partial charge < -0.3 is 5.32 Å². The smallest absolute Gasteiger partial charge is 0.248 e. The van der Waals surface area contributed by atoms with Crippen molar-refractivity contribution in [2.45, 2.75) is 31.1 Å². The van der Waals surface area contributed by atoms with Crippen LogP contribution in [0.15, 0.2) is 79.0 Å². The van der Waals surface area contributed by atoms with E-state index in [-0.39, 0.29) is 11.7 Å². The second kappa shape index (κ2) is 10.7. The van der Waals surface area contributed by atoms with Gasteiger partial charge in [-0.25, -0.2) is 9.37 Å². The lowest BCUT2D eigenvalue weighted by Crippen LogP contribution is -2.39. The summed E-state index contributed by atoms with van der Waals surface area (Å²) in [5.41, 5.74) is 0.149. The molecule has 1 N–H and O–H groups in total. The predicted molar refractivity (Wildman–Crippen MR) is 118 cm³/mol. The number of carbonyl (C=O) groups is 1. The van der Waals surface area contributed by atoms with Crippen LogP contribution in [-0.2, 0) is 10.2 Å². The summed E-state index contributed by atoms with van der Waals surface area (Å²) in [5, 5.41) is 11.8. The average Bonchev–Trinajstić information content (AvgIpc) is 2.81. The van der Waals surface area contributed by atoms with Crippen molar-refractivity contribution in [2.75, 3.05) is 5.32 Å². The molecule has 0 spiro atoms. The maximum Gasteiger partial charge on any atom is 0.248 e. The van der Waals surface area contributed by atoms with Crippen molar-refractivity contribution in [3.63, 3.8) is 0 Å². The van der Waals surface area contributed by atoms with Crippen LogP contribution < -0.4 is 5.32 Å². The van der Waals surface area contributed by atoms with Crippen molar-refractivity contribution in [1.82, 2.24) is 4.98 Å². The van der Waals surface area contributed by atoms with E-state index in [1.807, 2.05) is 30.3 Å². The Balaban J connectivity index is 2.06. The number of unbranched alkanes of at least 4 members (excludes halogenated alkanes) is 2. The van der Waals surface area contributed by atoms with Crippen LogP contribution in [-0.4, -0.2) is 10.9 Å². The van der Waals surface area contributed by atoms with Crippen molar-refractivity contribution in [2.24, 2.45) is 0 Å². The van der Waals surface area contributed by atoms with Crippen LogP contribution in [0.5, 0.6) is 0 Å². The summed E-state index contributed by atoms with van der Waals surface area (Å²) in [5.74, 6) is 6.00. The summed E-state index contributed by atoms with van der Waals surface area (Å²) in [6.45, 7) is 0. The quantitative estimate of drug-likeness (QED) is 0.427. The number of carbonyl (C=O) groups excluding carboxylic acids is 1. The van der Waals surface area contributed by atoms with Gasteiger partial charge >= 0.3 is 0 Å². The van der Waals surface area contributed by atoms with Gasteiger partial charge in [-0.05, 0) is 54.8 Å². The first kappa shape index (κ1) is 21.7. The molecule has 5 heteroatoms. The number of hydrogen-bond acceptors (Lipinski definition) is 3. The SMILES string of the molecule is N#CCCCCC(C#Cc1ccccc1)(C(=O)Nc1ccccn1)c1ccc(F)cc1. The van der Waals surface area contributed by atoms with Gasteiger partial charge in [-0.3, -0.25) is 4.79 Å². The molecule has 0 radical (unpaired) electrons. The lowest BCUT2D eigenvalue weighted by Gasteiger charge is -2.28. The van der Waals surface area contributed by atoms with Gasteiger partial charge in [0.1, 0.15) is 17.1 Å². The number of aromatic nitrogens is 1. The Morgan fingerprint density at radius 3 is 2.42 bits per heavy atom. The molecule has 1 amide bonds. The second-order valence-electron chi connectivity index (χ2n) is 7.06. The van der Waals surface area contributed by atoms with Crippen molar-refractivity contribution < 1.29 is 9.18 Å². The molecule has 3 aromatic rings. The fraction of sp³-hybridized carbons (Fsp3) is 0.192. The third kappa shape index (κ3) is 5.78. The van der Waals surface area contributed by atoms with E-state index in [0.717, 1.165) is 5.56 Å². The van der Waals surface area contributed by atoms with Crippen LogP contribution >= 0.6 is 0 Å². The molecule has 2 aromatic carbocycles. The number of rotatable bonds is 7. The normalized spacial score (nSPS) is 12.0. The van der Waals surface area contributed by atoms with Crippen LogP contribution in [0.2, 0.25) is 0 Å². The molecule has 4 nitrogen and oxygen atoms in total. The van der Waals surface area contributed by atoms with Crippen LogP contribution in [0, 0.1) is 29.0 Å². The molecule has 1 unspecified atom stereocenters. The molecule has 0 bridgehead atoms. The maximum atomic E-state index is 13.6. The van der Waals surface area contributed by atoms with Crippen LogP contribution in [0.1, 0.15) is 36.8 Å². The summed E-state index contributed by atoms with van der Waals surface area (Å²) >= 11 is 0. The number of nitrogens with one attached hydrogen (secondary N) is 1. The van der Waals surface area contributed by atoms with Crippen LogP contribution in [0.3, 0.4) is 0 Å². The van der Waals surface area contributed by atoms with Crippen LogP contribution in [0.25, 0.3) is 0 Å². The summed E-state index contributed by atoms with van der Waals surface area (Å²) < 4.78 is 13.6. The van der Waals surface area contributed by atoms with Gasteiger partial charge in [-0.15, -0.1) is 0 Å². The highest BCUT2D eigenvalue weighted by molar-refractivity contribution is 6.01. The minimum Gasteiger partial charge on any atom is -0.309 e. The van der Waals surface area contributed by atoms with Crippen molar-refractivity contribution in [3.8, 4) is 17.9 Å². The number of benzene rings is 2. The molecule has 31 heavy (non-hydrogen) atoms. The number of nitriles is 1. The molecular weight excluding hydrogens is 389 g/mol. The summed E-state index contributed by atoms with van der Waals surface area (Å²) in [4.78, 5) is 17.8. The predicted octanol–water partition coefficient (Wildman–Crippen LogP) is 5.23. The first-order chi connectivity index (χ1) is 15.1. The zero-order chi connectivity index (χ0) is 21.9. The minimum absolute atomic E-state index is 0.335. The molecular formula is C26H22FN3O. The molecule has 0 saturated heterocycles. The largest absolute Gasteiger partial charge is 0.309 e. The average molecular weight is 411 g/mol. The molecule has 0 aliphatic heterocycles. The Bertz CT molecular complexity index is 1100. The van der Waals surface area contributed by atoms with E-state index < -0.39 is 5.41 Å². The molecule has 0 aliphatic carbocycles. The molecule has 1 atom stereocenters. The number of amides is 1. The monoisotopic (exact) mass is 411 g/mol. The highest BCUT2D eigenvalue weighted by Crippen LogP contribution is 2.32. The molecule has 0 saturated carbocycles. The number of nitrogens with zero attached hydrogens (tertiary/aromatic N) is 2. The zero-order valence-corrected chi connectivity index (χ0v) is 17.0. The molecule has 1 heterocycles. The van der Waals surface area contributed by atoms with Gasteiger partial charge in [0, 0.05) is 18.2 Å². The Labute approximate surface area is 181 Å². The summed E-state index contributed by atoms with van der Waals surface area (Å²) in [7, 11) is 0. The third-order valence-electron chi connectivity index (χ3n) is 4.92. The molecule has 0 aliphatic rings.